The van der Waals surface area contributed by atoms with Crippen molar-refractivity contribution in [2.75, 3.05) is 0 Å². The number of Topliss-reactive ketones (excluding diaryl/α,β-unsaturated/α-hetero) is 1. The fourth-order valence-electron chi connectivity index (χ4n) is 4.63. The van der Waals surface area contributed by atoms with E-state index in [0.29, 0.717) is 34.2 Å². The number of hydrogen-bond acceptors (Lipinski definition) is 2. The van der Waals surface area contributed by atoms with Crippen LogP contribution in [0.5, 0.6) is 5.75 Å². The van der Waals surface area contributed by atoms with E-state index in [-0.39, 0.29) is 22.0 Å². The second-order valence-corrected chi connectivity index (χ2v) is 12.0. The van der Waals surface area contributed by atoms with Crippen molar-refractivity contribution >= 4 is 29.0 Å². The maximum absolute atomic E-state index is 13.3. The van der Waals surface area contributed by atoms with Crippen LogP contribution in [0.15, 0.2) is 33.3 Å². The molecule has 1 fully saturated rings. The Kier molecular flexibility index (Phi) is 6.02. The first-order chi connectivity index (χ1) is 13.7. The fourth-order valence-corrected chi connectivity index (χ4v) is 5.14. The van der Waals surface area contributed by atoms with E-state index in [0.717, 1.165) is 36.0 Å². The molecular weight excluding hydrogens is 415 g/mol. The molecule has 0 aromatic heterocycles. The first-order valence-corrected chi connectivity index (χ1v) is 11.6. The Morgan fingerprint density at radius 3 is 1.83 bits per heavy atom. The molecule has 0 bridgehead atoms. The van der Waals surface area contributed by atoms with Crippen molar-refractivity contribution < 1.29 is 9.90 Å². The molecule has 0 spiro atoms. The third kappa shape index (κ3) is 4.10. The number of phenolic OH excluding ortho intramolecular Hbond substituents is 1. The zero-order chi connectivity index (χ0) is 22.6. The lowest BCUT2D eigenvalue weighted by Gasteiger charge is -2.44. The van der Waals surface area contributed by atoms with Crippen molar-refractivity contribution in [2.45, 2.75) is 96.8 Å². The number of phenols is 1. The molecule has 0 aliphatic heterocycles. The maximum atomic E-state index is 13.3. The Labute approximate surface area is 191 Å². The quantitative estimate of drug-likeness (QED) is 0.510. The number of rotatable bonds is 4. The summed E-state index contributed by atoms with van der Waals surface area (Å²) in [7, 11) is 0. The molecule has 0 atom stereocenters. The minimum absolute atomic E-state index is 0.0948. The Hall–Kier alpha value is -1.25. The summed E-state index contributed by atoms with van der Waals surface area (Å²) in [6.45, 7) is 14.7. The number of carbonyl (C=O) groups excluding carboxylic acids is 1. The second kappa shape index (κ2) is 7.71. The molecule has 0 amide bonds. The molecule has 164 valence electrons. The van der Waals surface area contributed by atoms with Gasteiger partial charge in [-0.2, -0.15) is 0 Å². The van der Waals surface area contributed by atoms with Gasteiger partial charge in [0.05, 0.1) is 10.1 Å². The molecule has 1 aromatic carbocycles. The average Bonchev–Trinajstić information content (AvgIpc) is 2.84. The summed E-state index contributed by atoms with van der Waals surface area (Å²) >= 11 is 12.6. The van der Waals surface area contributed by atoms with Crippen molar-refractivity contribution in [2.24, 2.45) is 0 Å². The molecule has 2 nitrogen and oxygen atoms in total. The van der Waals surface area contributed by atoms with Gasteiger partial charge in [0.1, 0.15) is 5.75 Å². The molecule has 4 heteroatoms. The first-order valence-electron chi connectivity index (χ1n) is 10.8. The van der Waals surface area contributed by atoms with E-state index in [1.165, 1.54) is 5.56 Å². The molecule has 0 saturated heterocycles. The summed E-state index contributed by atoms with van der Waals surface area (Å²) in [6.07, 6.45) is 4.04. The van der Waals surface area contributed by atoms with Gasteiger partial charge in [-0.1, -0.05) is 83.3 Å². The number of hydrogen-bond donors (Lipinski definition) is 1. The van der Waals surface area contributed by atoms with Crippen LogP contribution in [0.25, 0.3) is 0 Å². The molecule has 1 N–H and O–H groups in total. The zero-order valence-corrected chi connectivity index (χ0v) is 20.8. The molecule has 1 saturated carbocycles. The Morgan fingerprint density at radius 1 is 1.00 bits per heavy atom. The highest BCUT2D eigenvalue weighted by molar-refractivity contribution is 6.46. The molecule has 3 rings (SSSR count). The van der Waals surface area contributed by atoms with Crippen molar-refractivity contribution in [3.63, 3.8) is 0 Å². The van der Waals surface area contributed by atoms with Crippen molar-refractivity contribution in [3.8, 4) is 5.75 Å². The summed E-state index contributed by atoms with van der Waals surface area (Å²) in [4.78, 5) is 13.3. The van der Waals surface area contributed by atoms with Gasteiger partial charge in [-0.3, -0.25) is 4.79 Å². The zero-order valence-electron chi connectivity index (χ0n) is 19.3. The molecule has 1 aromatic rings. The molecule has 0 heterocycles. The van der Waals surface area contributed by atoms with E-state index in [4.69, 9.17) is 23.2 Å². The van der Waals surface area contributed by atoms with Gasteiger partial charge in [0.15, 0.2) is 5.78 Å². The minimum Gasteiger partial charge on any atom is -0.507 e. The molecule has 30 heavy (non-hydrogen) atoms. The van der Waals surface area contributed by atoms with Crippen LogP contribution in [0.1, 0.15) is 97.3 Å². The van der Waals surface area contributed by atoms with Gasteiger partial charge in [-0.15, -0.1) is 0 Å². The SMILES string of the molecule is CC1=C(Cl)C(Cl)=C(C(=O)CC2(c3cc(C(C)(C)C)c(O)c(C(C)(C)C)c3)CCC2)C1. The summed E-state index contributed by atoms with van der Waals surface area (Å²) < 4.78 is 0. The van der Waals surface area contributed by atoms with Gasteiger partial charge < -0.3 is 5.11 Å². The van der Waals surface area contributed by atoms with E-state index < -0.39 is 0 Å². The van der Waals surface area contributed by atoms with Crippen molar-refractivity contribution in [1.29, 1.82) is 0 Å². The Bertz CT molecular complexity index is 913. The summed E-state index contributed by atoms with van der Waals surface area (Å²) in [5, 5.41) is 12.0. The number of benzene rings is 1. The number of aromatic hydroxyl groups is 1. The van der Waals surface area contributed by atoms with Gasteiger partial charge in [0.25, 0.3) is 0 Å². The van der Waals surface area contributed by atoms with Crippen LogP contribution in [0, 0.1) is 0 Å². The van der Waals surface area contributed by atoms with Crippen LogP contribution >= 0.6 is 23.2 Å². The fraction of sp³-hybridized carbons (Fsp3) is 0.577. The van der Waals surface area contributed by atoms with Gasteiger partial charge in [0.2, 0.25) is 0 Å². The predicted molar refractivity (Wildman–Crippen MR) is 127 cm³/mol. The van der Waals surface area contributed by atoms with Crippen LogP contribution in [-0.4, -0.2) is 10.9 Å². The lowest BCUT2D eigenvalue weighted by molar-refractivity contribution is -0.117. The largest absolute Gasteiger partial charge is 0.507 e. The van der Waals surface area contributed by atoms with Crippen LogP contribution < -0.4 is 0 Å². The number of ketones is 1. The third-order valence-corrected chi connectivity index (χ3v) is 7.78. The van der Waals surface area contributed by atoms with Gasteiger partial charge in [0, 0.05) is 17.4 Å². The lowest BCUT2D eigenvalue weighted by Crippen LogP contribution is -2.37. The molecular formula is C26H34Cl2O2. The van der Waals surface area contributed by atoms with Crippen molar-refractivity contribution in [1.82, 2.24) is 0 Å². The van der Waals surface area contributed by atoms with Crippen LogP contribution in [0.2, 0.25) is 0 Å². The standard InChI is InChI=1S/C26H34Cl2O2/c1-15-11-17(22(28)21(15)27)20(29)14-26(9-8-10-26)16-12-18(24(2,3)4)23(30)19(13-16)25(5,6)7/h12-13,30H,8-11,14H2,1-7H3. The summed E-state index contributed by atoms with van der Waals surface area (Å²) in [5.74, 6) is 0.477. The summed E-state index contributed by atoms with van der Waals surface area (Å²) in [5.41, 5.74) is 4.09. The normalized spacial score (nSPS) is 19.4. The number of carbonyl (C=O) groups is 1. The topological polar surface area (TPSA) is 37.3 Å². The highest BCUT2D eigenvalue weighted by Crippen LogP contribution is 2.51. The molecule has 2 aliphatic carbocycles. The first kappa shape index (κ1) is 23.4. The summed E-state index contributed by atoms with van der Waals surface area (Å²) in [6, 6.07) is 4.27. The number of allylic oxidation sites excluding steroid dienone is 4. The highest BCUT2D eigenvalue weighted by Gasteiger charge is 2.43. The van der Waals surface area contributed by atoms with E-state index in [1.807, 2.05) is 6.92 Å². The Morgan fingerprint density at radius 2 is 1.50 bits per heavy atom. The van der Waals surface area contributed by atoms with E-state index in [2.05, 4.69) is 53.7 Å². The van der Waals surface area contributed by atoms with E-state index >= 15 is 0 Å². The third-order valence-electron chi connectivity index (χ3n) is 6.76. The van der Waals surface area contributed by atoms with Crippen LogP contribution in [-0.2, 0) is 21.0 Å². The van der Waals surface area contributed by atoms with Crippen molar-refractivity contribution in [3.05, 3.63) is 50.0 Å². The lowest BCUT2D eigenvalue weighted by atomic mass is 9.60. The second-order valence-electron chi connectivity index (χ2n) is 11.2. The highest BCUT2D eigenvalue weighted by atomic mass is 35.5. The number of halogens is 2. The monoisotopic (exact) mass is 448 g/mol. The van der Waals surface area contributed by atoms with Crippen LogP contribution in [0.4, 0.5) is 0 Å². The smallest absolute Gasteiger partial charge is 0.161 e. The van der Waals surface area contributed by atoms with Gasteiger partial charge >= 0.3 is 0 Å². The van der Waals surface area contributed by atoms with E-state index in [1.54, 1.807) is 0 Å². The Balaban J connectivity index is 2.06. The molecule has 0 radical (unpaired) electrons. The predicted octanol–water partition coefficient (Wildman–Crippen LogP) is 7.78. The molecule has 2 aliphatic rings. The van der Waals surface area contributed by atoms with Crippen LogP contribution in [0.3, 0.4) is 0 Å². The molecule has 0 unspecified atom stereocenters. The van der Waals surface area contributed by atoms with Gasteiger partial charge in [-0.25, -0.2) is 0 Å². The average molecular weight is 449 g/mol. The maximum Gasteiger partial charge on any atom is 0.161 e. The van der Waals surface area contributed by atoms with E-state index in [9.17, 15) is 9.90 Å². The minimum atomic E-state index is -0.197. The van der Waals surface area contributed by atoms with Gasteiger partial charge in [-0.05, 0) is 59.3 Å².